The van der Waals surface area contributed by atoms with Crippen molar-refractivity contribution < 1.29 is 17.6 Å². The van der Waals surface area contributed by atoms with Crippen LogP contribution in [-0.2, 0) is 10.2 Å². The lowest BCUT2D eigenvalue weighted by Gasteiger charge is -2.09. The van der Waals surface area contributed by atoms with E-state index in [0.717, 1.165) is 10.6 Å². The summed E-state index contributed by atoms with van der Waals surface area (Å²) in [7, 11) is -1.21. The first-order chi connectivity index (χ1) is 9.65. The number of anilines is 2. The van der Waals surface area contributed by atoms with Crippen LogP contribution in [0.15, 0.2) is 5.10 Å². The average molecular weight is 320 g/mol. The van der Waals surface area contributed by atoms with Crippen molar-refractivity contribution in [2.45, 2.75) is 0 Å². The molecule has 0 saturated carbocycles. The maximum absolute atomic E-state index is 13.1. The van der Waals surface area contributed by atoms with E-state index in [4.69, 9.17) is 11.5 Å². The summed E-state index contributed by atoms with van der Waals surface area (Å²) in [5.74, 6) is -3.02. The van der Waals surface area contributed by atoms with Crippen molar-refractivity contribution in [2.24, 2.45) is 5.10 Å². The Bertz CT molecular complexity index is 674. The Hall–Kier alpha value is -2.54. The number of hydrogen-bond donors (Lipinski definition) is 4. The van der Waals surface area contributed by atoms with Gasteiger partial charge in [-0.05, 0) is 0 Å². The Morgan fingerprint density at radius 2 is 1.95 bits per heavy atom. The predicted octanol–water partition coefficient (Wildman–Crippen LogP) is -2.15. The number of nitrogens with zero attached hydrogens (tertiary/aromatic N) is 4. The summed E-state index contributed by atoms with van der Waals surface area (Å²) in [5, 5.41) is 5.29. The molecule has 1 aromatic rings. The molecule has 116 valence electrons. The van der Waals surface area contributed by atoms with Crippen LogP contribution in [0, 0.1) is 5.95 Å². The Balaban J connectivity index is 2.73. The van der Waals surface area contributed by atoms with Crippen molar-refractivity contribution in [1.82, 2.24) is 24.4 Å². The zero-order valence-electron chi connectivity index (χ0n) is 11.0. The van der Waals surface area contributed by atoms with E-state index in [9.17, 15) is 17.6 Å². The van der Waals surface area contributed by atoms with Gasteiger partial charge in [-0.2, -0.15) is 27.0 Å². The SMILES string of the molecule is CN(C)S(=O)(=O)NN=CNC(=O)c1nc(F)c(N)nc1N. The molecular weight excluding hydrogens is 307 g/mol. The number of hydrazone groups is 1. The summed E-state index contributed by atoms with van der Waals surface area (Å²) >= 11 is 0. The quantitative estimate of drug-likeness (QED) is 0.272. The average Bonchev–Trinajstić information content (AvgIpc) is 2.38. The molecular formula is C8H13FN8O3S. The van der Waals surface area contributed by atoms with E-state index in [2.05, 4.69) is 15.1 Å². The maximum atomic E-state index is 13.1. The minimum Gasteiger partial charge on any atom is -0.382 e. The summed E-state index contributed by atoms with van der Waals surface area (Å²) in [6, 6.07) is 0. The van der Waals surface area contributed by atoms with E-state index in [1.54, 1.807) is 4.83 Å². The third kappa shape index (κ3) is 4.22. The van der Waals surface area contributed by atoms with Crippen molar-refractivity contribution in [3.8, 4) is 0 Å². The molecule has 0 saturated heterocycles. The first kappa shape index (κ1) is 16.5. The van der Waals surface area contributed by atoms with E-state index >= 15 is 0 Å². The minimum atomic E-state index is -3.78. The highest BCUT2D eigenvalue weighted by atomic mass is 32.2. The van der Waals surface area contributed by atoms with Crippen molar-refractivity contribution >= 4 is 34.1 Å². The zero-order chi connectivity index (χ0) is 16.2. The van der Waals surface area contributed by atoms with Crippen molar-refractivity contribution in [2.75, 3.05) is 25.6 Å². The fourth-order valence-corrected chi connectivity index (χ4v) is 1.29. The lowest BCUT2D eigenvalue weighted by Crippen LogP contribution is -2.33. The van der Waals surface area contributed by atoms with Gasteiger partial charge in [0.05, 0.1) is 0 Å². The Labute approximate surface area is 119 Å². The molecule has 1 amide bonds. The Kier molecular flexibility index (Phi) is 4.93. The third-order valence-corrected chi connectivity index (χ3v) is 3.33. The zero-order valence-corrected chi connectivity index (χ0v) is 11.8. The van der Waals surface area contributed by atoms with E-state index < -0.39 is 33.6 Å². The molecule has 0 aromatic carbocycles. The monoisotopic (exact) mass is 320 g/mol. The summed E-state index contributed by atoms with van der Waals surface area (Å²) in [6.45, 7) is 0. The number of nitrogens with two attached hydrogens (primary N) is 2. The highest BCUT2D eigenvalue weighted by Crippen LogP contribution is 2.10. The van der Waals surface area contributed by atoms with Crippen LogP contribution in [0.3, 0.4) is 0 Å². The van der Waals surface area contributed by atoms with E-state index in [1.807, 2.05) is 5.32 Å². The number of amides is 1. The lowest BCUT2D eigenvalue weighted by molar-refractivity contribution is 0.0973. The summed E-state index contributed by atoms with van der Waals surface area (Å²) in [5.41, 5.74) is 9.97. The van der Waals surface area contributed by atoms with Gasteiger partial charge in [-0.1, -0.05) is 0 Å². The van der Waals surface area contributed by atoms with Crippen LogP contribution in [0.25, 0.3) is 0 Å². The van der Waals surface area contributed by atoms with Gasteiger partial charge < -0.3 is 16.8 Å². The summed E-state index contributed by atoms with van der Waals surface area (Å²) in [6.07, 6.45) is 0.735. The molecule has 0 fully saturated rings. The smallest absolute Gasteiger partial charge is 0.316 e. The van der Waals surface area contributed by atoms with Gasteiger partial charge in [-0.15, -0.1) is 0 Å². The fourth-order valence-electron chi connectivity index (χ4n) is 0.943. The number of hydrogen-bond acceptors (Lipinski definition) is 8. The molecule has 0 radical (unpaired) electrons. The van der Waals surface area contributed by atoms with Crippen LogP contribution in [0.4, 0.5) is 16.0 Å². The van der Waals surface area contributed by atoms with Gasteiger partial charge in [-0.25, -0.2) is 9.97 Å². The molecule has 1 aromatic heterocycles. The molecule has 1 heterocycles. The van der Waals surface area contributed by atoms with E-state index in [1.165, 1.54) is 14.1 Å². The number of nitrogen functional groups attached to an aromatic ring is 2. The van der Waals surface area contributed by atoms with Crippen LogP contribution < -0.4 is 21.6 Å². The molecule has 11 nitrogen and oxygen atoms in total. The first-order valence-electron chi connectivity index (χ1n) is 5.25. The molecule has 0 aliphatic rings. The molecule has 0 bridgehead atoms. The molecule has 0 aliphatic heterocycles. The second-order valence-corrected chi connectivity index (χ2v) is 5.61. The number of carbonyl (C=O) groups excluding carboxylic acids is 1. The van der Waals surface area contributed by atoms with Crippen molar-refractivity contribution in [1.29, 1.82) is 0 Å². The summed E-state index contributed by atoms with van der Waals surface area (Å²) < 4.78 is 36.5. The highest BCUT2D eigenvalue weighted by Gasteiger charge is 2.16. The van der Waals surface area contributed by atoms with E-state index in [0.29, 0.717) is 0 Å². The molecule has 0 spiro atoms. The highest BCUT2D eigenvalue weighted by molar-refractivity contribution is 7.87. The second kappa shape index (κ2) is 6.27. The van der Waals surface area contributed by atoms with E-state index in [-0.39, 0.29) is 5.82 Å². The molecule has 1 rings (SSSR count). The van der Waals surface area contributed by atoms with Gasteiger partial charge in [0.1, 0.15) is 6.34 Å². The van der Waals surface area contributed by atoms with Gasteiger partial charge in [-0.3, -0.25) is 4.79 Å². The number of halogens is 1. The fraction of sp³-hybridized carbons (Fsp3) is 0.250. The van der Waals surface area contributed by atoms with Crippen LogP contribution in [0.5, 0.6) is 0 Å². The number of nitrogens with one attached hydrogen (secondary N) is 2. The van der Waals surface area contributed by atoms with Gasteiger partial charge in [0.15, 0.2) is 17.3 Å². The van der Waals surface area contributed by atoms with Gasteiger partial charge >= 0.3 is 10.2 Å². The molecule has 13 heteroatoms. The largest absolute Gasteiger partial charge is 0.382 e. The van der Waals surface area contributed by atoms with Gasteiger partial charge in [0.25, 0.3) is 11.9 Å². The normalized spacial score (nSPS) is 11.8. The molecule has 21 heavy (non-hydrogen) atoms. The molecule has 0 atom stereocenters. The van der Waals surface area contributed by atoms with Crippen LogP contribution in [0.1, 0.15) is 10.5 Å². The van der Waals surface area contributed by atoms with Gasteiger partial charge in [0.2, 0.25) is 0 Å². The third-order valence-electron chi connectivity index (χ3n) is 2.03. The minimum absolute atomic E-state index is 0.381. The standard InChI is InChI=1S/C8H13FN8O3S/c1-17(2)21(19,20)16-13-3-12-8(18)4-6(10)15-7(11)5(9)14-4/h3,16H,1-2H3,(H4,10,11,15)(H,12,13,18). The molecule has 0 unspecified atom stereocenters. The summed E-state index contributed by atoms with van der Waals surface area (Å²) in [4.78, 5) is 20.0. The number of aromatic nitrogens is 2. The van der Waals surface area contributed by atoms with Crippen LogP contribution >= 0.6 is 0 Å². The predicted molar refractivity (Wildman–Crippen MR) is 72.5 cm³/mol. The Morgan fingerprint density at radius 3 is 2.52 bits per heavy atom. The van der Waals surface area contributed by atoms with Gasteiger partial charge in [0, 0.05) is 14.1 Å². The molecule has 0 aliphatic carbocycles. The van der Waals surface area contributed by atoms with Crippen LogP contribution in [0.2, 0.25) is 0 Å². The topological polar surface area (TPSA) is 169 Å². The second-order valence-electron chi connectivity index (χ2n) is 3.74. The Morgan fingerprint density at radius 1 is 1.33 bits per heavy atom. The number of rotatable bonds is 5. The van der Waals surface area contributed by atoms with Crippen molar-refractivity contribution in [3.63, 3.8) is 0 Å². The molecule has 6 N–H and O–H groups in total. The lowest BCUT2D eigenvalue weighted by atomic mass is 10.4. The first-order valence-corrected chi connectivity index (χ1v) is 6.69. The number of carbonyl (C=O) groups is 1. The van der Waals surface area contributed by atoms with Crippen molar-refractivity contribution in [3.05, 3.63) is 11.6 Å². The van der Waals surface area contributed by atoms with Crippen LogP contribution in [-0.4, -0.2) is 49.0 Å². The maximum Gasteiger partial charge on any atom is 0.316 e.